The van der Waals surface area contributed by atoms with Crippen molar-refractivity contribution in [3.8, 4) is 0 Å². The normalized spacial score (nSPS) is 12.9. The molecule has 1 rings (SSSR count). The van der Waals surface area contributed by atoms with Crippen molar-refractivity contribution in [3.63, 3.8) is 0 Å². The minimum Gasteiger partial charge on any atom is -0.393 e. The van der Waals surface area contributed by atoms with Crippen molar-refractivity contribution in [2.75, 3.05) is 6.54 Å². The van der Waals surface area contributed by atoms with Crippen LogP contribution in [0.15, 0.2) is 18.2 Å². The third kappa shape index (κ3) is 2.98. The van der Waals surface area contributed by atoms with Crippen LogP contribution in [0.2, 0.25) is 5.02 Å². The second kappa shape index (κ2) is 5.35. The van der Waals surface area contributed by atoms with Gasteiger partial charge >= 0.3 is 0 Å². The number of benzene rings is 1. The highest BCUT2D eigenvalue weighted by atomic mass is 35.5. The Morgan fingerprint density at radius 2 is 2.21 bits per heavy atom. The van der Waals surface area contributed by atoms with E-state index in [9.17, 15) is 5.11 Å². The zero-order chi connectivity index (χ0) is 10.6. The number of halogens is 1. The number of hydrogen-bond acceptors (Lipinski definition) is 2. The van der Waals surface area contributed by atoms with Crippen molar-refractivity contribution in [3.05, 3.63) is 34.3 Å². The van der Waals surface area contributed by atoms with Gasteiger partial charge in [-0.05, 0) is 43.5 Å². The molecule has 78 valence electrons. The van der Waals surface area contributed by atoms with Crippen LogP contribution in [0, 0.1) is 6.92 Å². The molecule has 3 heteroatoms. The second-order valence-corrected chi connectivity index (χ2v) is 3.87. The van der Waals surface area contributed by atoms with E-state index >= 15 is 0 Å². The lowest BCUT2D eigenvalue weighted by Gasteiger charge is -2.12. The maximum Gasteiger partial charge on any atom is 0.0592 e. The van der Waals surface area contributed by atoms with Gasteiger partial charge in [0.05, 0.1) is 6.10 Å². The number of aliphatic hydroxyl groups excluding tert-OH is 1. The summed E-state index contributed by atoms with van der Waals surface area (Å²) in [6.07, 6.45) is 0.896. The Balaban J connectivity index is 2.71. The van der Waals surface area contributed by atoms with E-state index in [1.807, 2.05) is 25.1 Å². The quantitative estimate of drug-likeness (QED) is 0.803. The summed E-state index contributed by atoms with van der Waals surface area (Å²) < 4.78 is 0. The standard InChI is InChI=1S/C11H16ClNO/c1-8-9(3-2-4-11(8)12)7-10(14)5-6-13/h2-4,10,14H,5-7,13H2,1H3. The molecule has 0 saturated carbocycles. The lowest BCUT2D eigenvalue weighted by molar-refractivity contribution is 0.167. The van der Waals surface area contributed by atoms with E-state index in [0.717, 1.165) is 16.1 Å². The molecule has 1 aromatic rings. The lowest BCUT2D eigenvalue weighted by atomic mass is 10.0. The zero-order valence-electron chi connectivity index (χ0n) is 8.33. The van der Waals surface area contributed by atoms with Crippen molar-refractivity contribution in [1.29, 1.82) is 0 Å². The Labute approximate surface area is 89.7 Å². The summed E-state index contributed by atoms with van der Waals surface area (Å²) >= 11 is 5.97. The summed E-state index contributed by atoms with van der Waals surface area (Å²) in [6, 6.07) is 5.75. The molecule has 14 heavy (non-hydrogen) atoms. The number of nitrogens with two attached hydrogens (primary N) is 1. The minimum atomic E-state index is -0.364. The molecule has 0 heterocycles. The summed E-state index contributed by atoms with van der Waals surface area (Å²) in [5.41, 5.74) is 7.51. The van der Waals surface area contributed by atoms with Crippen LogP contribution in [0.25, 0.3) is 0 Å². The molecule has 0 aliphatic carbocycles. The molecular formula is C11H16ClNO. The summed E-state index contributed by atoms with van der Waals surface area (Å²) in [7, 11) is 0. The molecule has 0 radical (unpaired) electrons. The first kappa shape index (κ1) is 11.5. The summed E-state index contributed by atoms with van der Waals surface area (Å²) in [4.78, 5) is 0. The molecular weight excluding hydrogens is 198 g/mol. The van der Waals surface area contributed by atoms with Crippen LogP contribution in [0.5, 0.6) is 0 Å². The predicted octanol–water partition coefficient (Wildman–Crippen LogP) is 1.90. The Morgan fingerprint density at radius 1 is 1.50 bits per heavy atom. The second-order valence-electron chi connectivity index (χ2n) is 3.46. The van der Waals surface area contributed by atoms with Crippen molar-refractivity contribution >= 4 is 11.6 Å². The van der Waals surface area contributed by atoms with Gasteiger partial charge < -0.3 is 10.8 Å². The molecule has 0 amide bonds. The van der Waals surface area contributed by atoms with Crippen LogP contribution in [0.4, 0.5) is 0 Å². The topological polar surface area (TPSA) is 46.2 Å². The first-order chi connectivity index (χ1) is 6.65. The van der Waals surface area contributed by atoms with Crippen LogP contribution < -0.4 is 5.73 Å². The molecule has 0 aliphatic heterocycles. The van der Waals surface area contributed by atoms with E-state index in [1.165, 1.54) is 0 Å². The minimum absolute atomic E-state index is 0.364. The van der Waals surface area contributed by atoms with Crippen molar-refractivity contribution in [2.45, 2.75) is 25.9 Å². The zero-order valence-corrected chi connectivity index (χ0v) is 9.09. The molecule has 0 fully saturated rings. The van der Waals surface area contributed by atoms with Gasteiger partial charge in [-0.3, -0.25) is 0 Å². The average molecular weight is 214 g/mol. The Kier molecular flexibility index (Phi) is 4.39. The van der Waals surface area contributed by atoms with Crippen LogP contribution >= 0.6 is 11.6 Å². The van der Waals surface area contributed by atoms with E-state index < -0.39 is 0 Å². The summed E-state index contributed by atoms with van der Waals surface area (Å²) in [5.74, 6) is 0. The van der Waals surface area contributed by atoms with Gasteiger partial charge in [-0.1, -0.05) is 23.7 Å². The van der Waals surface area contributed by atoms with Crippen molar-refractivity contribution < 1.29 is 5.11 Å². The molecule has 1 unspecified atom stereocenters. The third-order valence-electron chi connectivity index (χ3n) is 2.34. The highest BCUT2D eigenvalue weighted by Gasteiger charge is 2.07. The van der Waals surface area contributed by atoms with Crippen LogP contribution in [0.1, 0.15) is 17.5 Å². The van der Waals surface area contributed by atoms with E-state index in [4.69, 9.17) is 17.3 Å². The Morgan fingerprint density at radius 3 is 2.86 bits per heavy atom. The van der Waals surface area contributed by atoms with Gasteiger partial charge in [-0.25, -0.2) is 0 Å². The maximum absolute atomic E-state index is 9.59. The average Bonchev–Trinajstić information content (AvgIpc) is 2.13. The van der Waals surface area contributed by atoms with E-state index in [-0.39, 0.29) is 6.10 Å². The first-order valence-electron chi connectivity index (χ1n) is 4.77. The smallest absolute Gasteiger partial charge is 0.0592 e. The van der Waals surface area contributed by atoms with E-state index in [1.54, 1.807) is 0 Å². The van der Waals surface area contributed by atoms with E-state index in [2.05, 4.69) is 0 Å². The van der Waals surface area contributed by atoms with Crippen LogP contribution in [-0.2, 0) is 6.42 Å². The van der Waals surface area contributed by atoms with Gasteiger partial charge in [0.25, 0.3) is 0 Å². The monoisotopic (exact) mass is 213 g/mol. The highest BCUT2D eigenvalue weighted by Crippen LogP contribution is 2.20. The Bertz CT molecular complexity index is 301. The van der Waals surface area contributed by atoms with Crippen molar-refractivity contribution in [1.82, 2.24) is 0 Å². The summed E-state index contributed by atoms with van der Waals surface area (Å²) in [6.45, 7) is 2.48. The molecule has 1 atom stereocenters. The molecule has 0 aliphatic rings. The fourth-order valence-corrected chi connectivity index (χ4v) is 1.62. The molecule has 3 N–H and O–H groups in total. The molecule has 0 saturated heterocycles. The van der Waals surface area contributed by atoms with Gasteiger partial charge in [0, 0.05) is 5.02 Å². The third-order valence-corrected chi connectivity index (χ3v) is 2.74. The van der Waals surface area contributed by atoms with Gasteiger partial charge in [0.1, 0.15) is 0 Å². The first-order valence-corrected chi connectivity index (χ1v) is 5.15. The van der Waals surface area contributed by atoms with E-state index in [0.29, 0.717) is 19.4 Å². The molecule has 1 aromatic carbocycles. The highest BCUT2D eigenvalue weighted by molar-refractivity contribution is 6.31. The maximum atomic E-state index is 9.59. The molecule has 0 spiro atoms. The largest absolute Gasteiger partial charge is 0.393 e. The van der Waals surface area contributed by atoms with Crippen LogP contribution in [-0.4, -0.2) is 17.8 Å². The number of hydrogen-bond donors (Lipinski definition) is 2. The van der Waals surface area contributed by atoms with Gasteiger partial charge in [0.15, 0.2) is 0 Å². The number of aliphatic hydroxyl groups is 1. The van der Waals surface area contributed by atoms with Gasteiger partial charge in [-0.2, -0.15) is 0 Å². The SMILES string of the molecule is Cc1c(Cl)cccc1CC(O)CCN. The van der Waals surface area contributed by atoms with Gasteiger partial charge in [-0.15, -0.1) is 0 Å². The van der Waals surface area contributed by atoms with Gasteiger partial charge in [0.2, 0.25) is 0 Å². The summed E-state index contributed by atoms with van der Waals surface area (Å²) in [5, 5.41) is 10.3. The fraction of sp³-hybridized carbons (Fsp3) is 0.455. The lowest BCUT2D eigenvalue weighted by Crippen LogP contribution is -2.16. The molecule has 0 aromatic heterocycles. The molecule has 0 bridgehead atoms. The van der Waals surface area contributed by atoms with Crippen LogP contribution in [0.3, 0.4) is 0 Å². The molecule has 2 nitrogen and oxygen atoms in total. The number of rotatable bonds is 4. The predicted molar refractivity (Wildman–Crippen MR) is 59.6 cm³/mol. The Hall–Kier alpha value is -0.570. The van der Waals surface area contributed by atoms with Crippen molar-refractivity contribution in [2.24, 2.45) is 5.73 Å². The fourth-order valence-electron chi connectivity index (χ4n) is 1.42.